The summed E-state index contributed by atoms with van der Waals surface area (Å²) in [6, 6.07) is 14.3. The third-order valence-corrected chi connectivity index (χ3v) is 9.17. The van der Waals surface area contributed by atoms with Crippen molar-refractivity contribution in [2.24, 2.45) is 0 Å². The van der Waals surface area contributed by atoms with Gasteiger partial charge in [-0.1, -0.05) is 49.1 Å². The number of rotatable bonds is 4. The van der Waals surface area contributed by atoms with Gasteiger partial charge in [0.25, 0.3) is 0 Å². The van der Waals surface area contributed by atoms with Crippen LogP contribution in [0.3, 0.4) is 0 Å². The van der Waals surface area contributed by atoms with Crippen molar-refractivity contribution in [2.75, 3.05) is 13.2 Å². The van der Waals surface area contributed by atoms with Crippen molar-refractivity contribution in [1.29, 1.82) is 0 Å². The normalized spacial score (nSPS) is 25.3. The third-order valence-electron chi connectivity index (χ3n) is 7.12. The highest BCUT2D eigenvalue weighted by molar-refractivity contribution is 6.88. The lowest BCUT2D eigenvalue weighted by molar-refractivity contribution is -0.122. The van der Waals surface area contributed by atoms with Gasteiger partial charge in [0.2, 0.25) is 6.41 Å². The first-order chi connectivity index (χ1) is 14.4. The van der Waals surface area contributed by atoms with Crippen molar-refractivity contribution >= 4 is 19.7 Å². The van der Waals surface area contributed by atoms with E-state index in [-0.39, 0.29) is 0 Å². The summed E-state index contributed by atoms with van der Waals surface area (Å²) < 4.78 is 11.6. The Morgan fingerprint density at radius 2 is 1.63 bits per heavy atom. The number of carbonyl (C=O) groups excluding carboxylic acids is 1. The molecule has 0 spiro atoms. The summed E-state index contributed by atoms with van der Waals surface area (Å²) in [6.07, 6.45) is 5.51. The number of carbonyl (C=O) groups is 1. The third kappa shape index (κ3) is 3.43. The number of hydrogen-bond acceptors (Lipinski definition) is 3. The molecule has 2 aromatic carbocycles. The van der Waals surface area contributed by atoms with Crippen LogP contribution in [0.25, 0.3) is 11.1 Å². The molecule has 2 unspecified atom stereocenters. The van der Waals surface area contributed by atoms with Gasteiger partial charge in [-0.05, 0) is 60.4 Å². The topological polar surface area (TPSA) is 38.8 Å². The SMILES string of the molecule is C[Si](C)(C)c1ccc(C2CC3CCC(C2)N3C=O)c(-c2ccc3c(c2)OCCO3)c1. The summed E-state index contributed by atoms with van der Waals surface area (Å²) in [7, 11) is -1.44. The Bertz CT molecular complexity index is 953. The standard InChI is InChI=1S/C25H31NO3Si/c1-30(2,3)21-7-8-22(18-12-19-5-6-20(13-18)26(19)16-27)23(15-21)17-4-9-24-25(14-17)29-11-10-28-24/h4,7-9,14-16,18-20H,5-6,10-13H2,1-3H3. The largest absolute Gasteiger partial charge is 0.486 e. The van der Waals surface area contributed by atoms with Crippen molar-refractivity contribution < 1.29 is 14.3 Å². The molecule has 2 saturated heterocycles. The highest BCUT2D eigenvalue weighted by atomic mass is 28.3. The smallest absolute Gasteiger partial charge is 0.210 e. The first-order valence-electron chi connectivity index (χ1n) is 11.2. The molecule has 30 heavy (non-hydrogen) atoms. The van der Waals surface area contributed by atoms with Crippen LogP contribution < -0.4 is 14.7 Å². The van der Waals surface area contributed by atoms with Crippen molar-refractivity contribution in [2.45, 2.75) is 63.3 Å². The van der Waals surface area contributed by atoms with E-state index in [1.165, 1.54) is 21.9 Å². The van der Waals surface area contributed by atoms with Crippen LogP contribution in [-0.4, -0.2) is 44.7 Å². The fourth-order valence-corrected chi connectivity index (χ4v) is 6.64. The Labute approximate surface area is 180 Å². The number of nitrogens with zero attached hydrogens (tertiary/aromatic N) is 1. The zero-order chi connectivity index (χ0) is 20.9. The van der Waals surface area contributed by atoms with Gasteiger partial charge in [0.05, 0.1) is 8.07 Å². The lowest BCUT2D eigenvalue weighted by Crippen LogP contribution is -2.41. The molecule has 2 fully saturated rings. The number of amides is 1. The fraction of sp³-hybridized carbons (Fsp3) is 0.480. The van der Waals surface area contributed by atoms with Crippen molar-refractivity contribution in [1.82, 2.24) is 4.90 Å². The van der Waals surface area contributed by atoms with Gasteiger partial charge in [-0.2, -0.15) is 0 Å². The lowest BCUT2D eigenvalue weighted by Gasteiger charge is -2.37. The van der Waals surface area contributed by atoms with E-state index < -0.39 is 8.07 Å². The molecule has 5 rings (SSSR count). The molecule has 4 nitrogen and oxygen atoms in total. The van der Waals surface area contributed by atoms with Gasteiger partial charge in [-0.3, -0.25) is 4.79 Å². The molecule has 2 aromatic rings. The summed E-state index contributed by atoms with van der Waals surface area (Å²) in [4.78, 5) is 13.6. The van der Waals surface area contributed by atoms with Crippen LogP contribution in [0.5, 0.6) is 11.5 Å². The molecular weight excluding hydrogens is 390 g/mol. The average molecular weight is 422 g/mol. The van der Waals surface area contributed by atoms with E-state index in [1.807, 2.05) is 6.07 Å². The fourth-order valence-electron chi connectivity index (χ4n) is 5.48. The minimum Gasteiger partial charge on any atom is -0.486 e. The van der Waals surface area contributed by atoms with Crippen LogP contribution in [0, 0.1) is 0 Å². The van der Waals surface area contributed by atoms with Gasteiger partial charge in [0.15, 0.2) is 11.5 Å². The van der Waals surface area contributed by atoms with Crippen LogP contribution in [0.1, 0.15) is 37.2 Å². The lowest BCUT2D eigenvalue weighted by atomic mass is 9.81. The van der Waals surface area contributed by atoms with E-state index in [0.29, 0.717) is 31.2 Å². The molecule has 0 aliphatic carbocycles. The second-order valence-electron chi connectivity index (χ2n) is 10.0. The monoisotopic (exact) mass is 421 g/mol. The molecule has 0 N–H and O–H groups in total. The van der Waals surface area contributed by atoms with Crippen molar-refractivity contribution in [3.8, 4) is 22.6 Å². The maximum atomic E-state index is 11.5. The molecule has 0 aromatic heterocycles. The summed E-state index contributed by atoms with van der Waals surface area (Å²) in [5, 5.41) is 1.48. The summed E-state index contributed by atoms with van der Waals surface area (Å²) in [6.45, 7) is 8.42. The Morgan fingerprint density at radius 1 is 0.933 bits per heavy atom. The number of piperidine rings is 1. The molecule has 158 valence electrons. The van der Waals surface area contributed by atoms with Crippen molar-refractivity contribution in [3.05, 3.63) is 42.0 Å². The molecule has 3 aliphatic rings. The van der Waals surface area contributed by atoms with E-state index >= 15 is 0 Å². The van der Waals surface area contributed by atoms with E-state index in [2.05, 4.69) is 54.9 Å². The van der Waals surface area contributed by atoms with Gasteiger partial charge >= 0.3 is 0 Å². The maximum Gasteiger partial charge on any atom is 0.210 e. The summed E-state index contributed by atoms with van der Waals surface area (Å²) in [5.41, 5.74) is 3.96. The number of hydrogen-bond donors (Lipinski definition) is 0. The van der Waals surface area contributed by atoms with E-state index in [4.69, 9.17) is 9.47 Å². The molecule has 0 radical (unpaired) electrons. The summed E-state index contributed by atoms with van der Waals surface area (Å²) >= 11 is 0. The van der Waals surface area contributed by atoms with Gasteiger partial charge < -0.3 is 14.4 Å². The molecule has 5 heteroatoms. The molecule has 2 atom stereocenters. The molecule has 2 bridgehead atoms. The maximum absolute atomic E-state index is 11.5. The van der Waals surface area contributed by atoms with Crippen LogP contribution in [-0.2, 0) is 4.79 Å². The van der Waals surface area contributed by atoms with Gasteiger partial charge in [0.1, 0.15) is 13.2 Å². The first-order valence-corrected chi connectivity index (χ1v) is 14.7. The molecule has 0 saturated carbocycles. The Balaban J connectivity index is 1.57. The van der Waals surface area contributed by atoms with Gasteiger partial charge in [-0.15, -0.1) is 0 Å². The van der Waals surface area contributed by atoms with Crippen LogP contribution in [0.4, 0.5) is 0 Å². The number of benzene rings is 2. The van der Waals surface area contributed by atoms with Crippen LogP contribution in [0.15, 0.2) is 36.4 Å². The highest BCUT2D eigenvalue weighted by Crippen LogP contribution is 2.45. The predicted octanol–water partition coefficient (Wildman–Crippen LogP) is 4.54. The second-order valence-corrected chi connectivity index (χ2v) is 15.1. The average Bonchev–Trinajstić information content (AvgIpc) is 3.00. The number of ether oxygens (including phenoxy) is 2. The Morgan fingerprint density at radius 3 is 2.30 bits per heavy atom. The molecular formula is C25H31NO3Si. The van der Waals surface area contributed by atoms with Gasteiger partial charge in [-0.25, -0.2) is 0 Å². The van der Waals surface area contributed by atoms with Gasteiger partial charge in [0, 0.05) is 12.1 Å². The zero-order valence-corrected chi connectivity index (χ0v) is 19.2. The minimum atomic E-state index is -1.44. The molecule has 1 amide bonds. The molecule has 3 heterocycles. The van der Waals surface area contributed by atoms with E-state index in [1.54, 1.807) is 0 Å². The van der Waals surface area contributed by atoms with Crippen molar-refractivity contribution in [3.63, 3.8) is 0 Å². The van der Waals surface area contributed by atoms with E-state index in [0.717, 1.165) is 43.6 Å². The second kappa shape index (κ2) is 7.45. The first kappa shape index (κ1) is 19.7. The Hall–Kier alpha value is -2.27. The number of fused-ring (bicyclic) bond motifs is 3. The van der Waals surface area contributed by atoms with Crippen LogP contribution >= 0.6 is 0 Å². The minimum absolute atomic E-state index is 0.399. The Kier molecular flexibility index (Phi) is 4.89. The predicted molar refractivity (Wildman–Crippen MR) is 123 cm³/mol. The van der Waals surface area contributed by atoms with E-state index in [9.17, 15) is 4.79 Å². The quantitative estimate of drug-likeness (QED) is 0.537. The highest BCUT2D eigenvalue weighted by Gasteiger charge is 2.41. The molecule has 3 aliphatic heterocycles. The zero-order valence-electron chi connectivity index (χ0n) is 18.2. The van der Waals surface area contributed by atoms with Crippen LogP contribution in [0.2, 0.25) is 19.6 Å². The summed E-state index contributed by atoms with van der Waals surface area (Å²) in [5.74, 6) is 2.18.